The van der Waals surface area contributed by atoms with Crippen LogP contribution < -0.4 is 9.83 Å². The van der Waals surface area contributed by atoms with Crippen molar-refractivity contribution in [2.45, 2.75) is 117 Å². The number of rotatable bonds is 19. The summed E-state index contributed by atoms with van der Waals surface area (Å²) in [6.07, 6.45) is 20.9. The maximum Gasteiger partial charge on any atom is 0.265 e. The van der Waals surface area contributed by atoms with Crippen LogP contribution >= 0.6 is 8.03 Å². The van der Waals surface area contributed by atoms with Crippen LogP contribution in [0.15, 0.2) is 48.5 Å². The molecule has 1 unspecified atom stereocenters. The van der Waals surface area contributed by atoms with Crippen molar-refractivity contribution in [3.63, 3.8) is 0 Å². The van der Waals surface area contributed by atoms with Gasteiger partial charge < -0.3 is 4.52 Å². The molecule has 0 aliphatic carbocycles. The van der Waals surface area contributed by atoms with E-state index in [0.717, 1.165) is 18.1 Å². The van der Waals surface area contributed by atoms with Crippen LogP contribution in [0, 0.1) is 0 Å². The van der Waals surface area contributed by atoms with Gasteiger partial charge in [0.05, 0.1) is 0 Å². The van der Waals surface area contributed by atoms with Gasteiger partial charge in [0.25, 0.3) is 8.03 Å². The van der Waals surface area contributed by atoms with Crippen molar-refractivity contribution in [2.75, 3.05) is 0 Å². The van der Waals surface area contributed by atoms with Crippen molar-refractivity contribution >= 4 is 13.3 Å². The molecule has 0 N–H and O–H groups in total. The van der Waals surface area contributed by atoms with Crippen LogP contribution in [0.1, 0.15) is 115 Å². The molecular formula is C30H47MoO2P. The van der Waals surface area contributed by atoms with Gasteiger partial charge in [0.2, 0.25) is 0 Å². The Balaban J connectivity index is 0.00000578. The molecule has 4 heteroatoms. The molecule has 34 heavy (non-hydrogen) atoms. The Labute approximate surface area is 224 Å². The standard InChI is InChI=1S/C30H47O2P.Mo/c1-3-5-7-9-11-13-15-17-27-19-23-29(24-20-27)32-33(31)30-25-21-28(22-26-30)18-16-14-12-10-8-6-4-2;/h19-26,33H,3-18H2,1-2H3;. The smallest absolute Gasteiger partial charge is 0.265 e. The topological polar surface area (TPSA) is 26.3 Å². The molecule has 1 atom stereocenters. The first-order chi connectivity index (χ1) is 16.2. The summed E-state index contributed by atoms with van der Waals surface area (Å²) in [5.74, 6) is 0.703. The van der Waals surface area contributed by atoms with Gasteiger partial charge in [0.15, 0.2) is 0 Å². The van der Waals surface area contributed by atoms with Gasteiger partial charge in [-0.05, 0) is 61.1 Å². The maximum absolute atomic E-state index is 12.7. The SMILES string of the molecule is CCCCCCCCCc1ccc(O[PH](=O)c2ccc(CCCCCCCCC)cc2)cc1.[Mo]. The molecule has 0 aliphatic heterocycles. The maximum atomic E-state index is 12.7. The van der Waals surface area contributed by atoms with E-state index < -0.39 is 8.03 Å². The minimum Gasteiger partial charge on any atom is -0.442 e. The Bertz CT molecular complexity index is 758. The number of unbranched alkanes of at least 4 members (excludes halogenated alkanes) is 12. The zero-order valence-corrected chi connectivity index (χ0v) is 24.7. The summed E-state index contributed by atoms with van der Waals surface area (Å²) in [4.78, 5) is 0. The van der Waals surface area contributed by atoms with Gasteiger partial charge in [-0.3, -0.25) is 4.57 Å². The fourth-order valence-corrected chi connectivity index (χ4v) is 5.18. The molecular weight excluding hydrogens is 519 g/mol. The minimum absolute atomic E-state index is 0. The van der Waals surface area contributed by atoms with E-state index in [1.54, 1.807) is 0 Å². The van der Waals surface area contributed by atoms with Gasteiger partial charge in [0.1, 0.15) is 5.75 Å². The van der Waals surface area contributed by atoms with Crippen LogP contribution in [-0.4, -0.2) is 0 Å². The van der Waals surface area contributed by atoms with Crippen LogP contribution in [0.5, 0.6) is 5.75 Å². The van der Waals surface area contributed by atoms with Crippen LogP contribution in [0.3, 0.4) is 0 Å². The molecule has 0 heterocycles. The number of hydrogen-bond acceptors (Lipinski definition) is 2. The van der Waals surface area contributed by atoms with Gasteiger partial charge in [0, 0.05) is 26.4 Å². The van der Waals surface area contributed by atoms with Crippen LogP contribution in [0.4, 0.5) is 0 Å². The van der Waals surface area contributed by atoms with E-state index in [-0.39, 0.29) is 21.1 Å². The number of aryl methyl sites for hydroxylation is 2. The largest absolute Gasteiger partial charge is 0.442 e. The molecule has 0 bridgehead atoms. The molecule has 2 aromatic rings. The van der Waals surface area contributed by atoms with Crippen molar-refractivity contribution in [3.05, 3.63) is 59.7 Å². The fourth-order valence-electron chi connectivity index (χ4n) is 4.27. The molecule has 0 fully saturated rings. The van der Waals surface area contributed by atoms with Crippen molar-refractivity contribution in [1.82, 2.24) is 0 Å². The molecule has 0 aliphatic rings. The van der Waals surface area contributed by atoms with Crippen LogP contribution in [-0.2, 0) is 38.5 Å². The summed E-state index contributed by atoms with van der Waals surface area (Å²) in [5, 5.41) is 0.801. The van der Waals surface area contributed by atoms with Crippen LogP contribution in [0.2, 0.25) is 0 Å². The van der Waals surface area contributed by atoms with E-state index in [0.29, 0.717) is 5.75 Å². The third-order valence-electron chi connectivity index (χ3n) is 6.46. The molecule has 0 amide bonds. The molecule has 190 valence electrons. The zero-order valence-electron chi connectivity index (χ0n) is 21.7. The van der Waals surface area contributed by atoms with Gasteiger partial charge in [-0.15, -0.1) is 0 Å². The Kier molecular flexibility index (Phi) is 18.7. The third-order valence-corrected chi connectivity index (χ3v) is 7.69. The number of benzene rings is 2. The summed E-state index contributed by atoms with van der Waals surface area (Å²) in [7, 11) is -2.27. The summed E-state index contributed by atoms with van der Waals surface area (Å²) in [6.45, 7) is 4.52. The second-order valence-corrected chi connectivity index (χ2v) is 10.8. The first-order valence-corrected chi connectivity index (χ1v) is 14.9. The van der Waals surface area contributed by atoms with Gasteiger partial charge >= 0.3 is 0 Å². The molecule has 0 spiro atoms. The van der Waals surface area contributed by atoms with Crippen LogP contribution in [0.25, 0.3) is 0 Å². The summed E-state index contributed by atoms with van der Waals surface area (Å²) >= 11 is 0. The van der Waals surface area contributed by atoms with E-state index >= 15 is 0 Å². The molecule has 2 rings (SSSR count). The number of hydrogen-bond donors (Lipinski definition) is 0. The van der Waals surface area contributed by atoms with E-state index in [4.69, 9.17) is 4.52 Å². The monoisotopic (exact) mass is 568 g/mol. The third kappa shape index (κ3) is 13.9. The second kappa shape index (κ2) is 20.4. The first-order valence-electron chi connectivity index (χ1n) is 13.6. The van der Waals surface area contributed by atoms with Crippen molar-refractivity contribution in [3.8, 4) is 5.75 Å². The molecule has 0 aromatic heterocycles. The molecule has 0 saturated heterocycles. The van der Waals surface area contributed by atoms with Gasteiger partial charge in [-0.25, -0.2) is 0 Å². The van der Waals surface area contributed by atoms with E-state index in [2.05, 4.69) is 38.1 Å². The Hall–Kier alpha value is -0.842. The van der Waals surface area contributed by atoms with Gasteiger partial charge in [-0.2, -0.15) is 0 Å². The molecule has 2 nitrogen and oxygen atoms in total. The molecule has 2 aromatic carbocycles. The summed E-state index contributed by atoms with van der Waals surface area (Å²) in [6, 6.07) is 16.4. The van der Waals surface area contributed by atoms with E-state index in [1.807, 2.05) is 24.3 Å². The van der Waals surface area contributed by atoms with Crippen molar-refractivity contribution < 1.29 is 30.2 Å². The summed E-state index contributed by atoms with van der Waals surface area (Å²) in [5.41, 5.74) is 2.67. The average molecular weight is 567 g/mol. The molecule has 0 saturated carbocycles. The van der Waals surface area contributed by atoms with Gasteiger partial charge in [-0.1, -0.05) is 115 Å². The second-order valence-electron chi connectivity index (χ2n) is 9.47. The summed E-state index contributed by atoms with van der Waals surface area (Å²) < 4.78 is 18.4. The first kappa shape index (κ1) is 31.2. The Morgan fingerprint density at radius 2 is 0.941 bits per heavy atom. The van der Waals surface area contributed by atoms with Crippen molar-refractivity contribution in [1.29, 1.82) is 0 Å². The normalized spacial score (nSPS) is 11.7. The predicted octanol–water partition coefficient (Wildman–Crippen LogP) is 9.45. The fraction of sp³-hybridized carbons (Fsp3) is 0.600. The Morgan fingerprint density at radius 1 is 0.559 bits per heavy atom. The Morgan fingerprint density at radius 3 is 1.38 bits per heavy atom. The zero-order chi connectivity index (χ0) is 23.6. The van der Waals surface area contributed by atoms with E-state index in [1.165, 1.54) is 101 Å². The van der Waals surface area contributed by atoms with E-state index in [9.17, 15) is 4.57 Å². The van der Waals surface area contributed by atoms with Crippen molar-refractivity contribution in [2.24, 2.45) is 0 Å². The predicted molar refractivity (Wildman–Crippen MR) is 146 cm³/mol. The molecule has 0 radical (unpaired) electrons. The quantitative estimate of drug-likeness (QED) is 0.0962. The minimum atomic E-state index is -2.27. The average Bonchev–Trinajstić information content (AvgIpc) is 2.84.